The molecule has 0 unspecified atom stereocenters. The molecule has 0 saturated heterocycles. The third kappa shape index (κ3) is 1.19. The lowest BCUT2D eigenvalue weighted by Crippen LogP contribution is -1.86. The van der Waals surface area contributed by atoms with Gasteiger partial charge < -0.3 is 10.3 Å². The minimum atomic E-state index is 0.0410. The molecule has 2 N–H and O–H groups in total. The Labute approximate surface area is 79.8 Å². The summed E-state index contributed by atoms with van der Waals surface area (Å²) in [5.74, 6) is 0.0410. The van der Waals surface area contributed by atoms with Gasteiger partial charge in [0, 0.05) is 18.0 Å². The normalized spacial score (nSPS) is 9.64. The Morgan fingerprint density at radius 3 is 2.71 bits per heavy atom. The Balaban J connectivity index is 2.59. The number of nitrogens with zero attached hydrogens (tertiary/aromatic N) is 3. The summed E-state index contributed by atoms with van der Waals surface area (Å²) < 4.78 is 4.73. The molecule has 0 radical (unpaired) electrons. The van der Waals surface area contributed by atoms with Gasteiger partial charge in [-0.3, -0.25) is 4.98 Å². The number of pyridine rings is 1. The van der Waals surface area contributed by atoms with Gasteiger partial charge in [0.15, 0.2) is 0 Å². The van der Waals surface area contributed by atoms with Gasteiger partial charge in [-0.2, -0.15) is 5.26 Å². The second-order valence-corrected chi connectivity index (χ2v) is 2.62. The minimum absolute atomic E-state index is 0.0410. The van der Waals surface area contributed by atoms with Crippen LogP contribution in [0.3, 0.4) is 0 Å². The van der Waals surface area contributed by atoms with E-state index in [9.17, 15) is 0 Å². The van der Waals surface area contributed by atoms with Crippen molar-refractivity contribution < 1.29 is 4.52 Å². The summed E-state index contributed by atoms with van der Waals surface area (Å²) in [6.45, 7) is 0. The molecular weight excluding hydrogens is 180 g/mol. The number of nitrogen functional groups attached to an aromatic ring is 1. The van der Waals surface area contributed by atoms with Crippen molar-refractivity contribution in [3.05, 3.63) is 30.1 Å². The van der Waals surface area contributed by atoms with E-state index in [1.165, 1.54) is 0 Å². The highest BCUT2D eigenvalue weighted by Gasteiger charge is 2.14. The average Bonchev–Trinajstić information content (AvgIpc) is 2.61. The Bertz CT molecular complexity index is 483. The fourth-order valence-corrected chi connectivity index (χ4v) is 1.12. The summed E-state index contributed by atoms with van der Waals surface area (Å²) in [7, 11) is 0. The van der Waals surface area contributed by atoms with Crippen molar-refractivity contribution in [2.24, 2.45) is 0 Å². The Hall–Kier alpha value is -2.35. The Kier molecular flexibility index (Phi) is 1.88. The van der Waals surface area contributed by atoms with Gasteiger partial charge in [-0.15, -0.1) is 0 Å². The van der Waals surface area contributed by atoms with Crippen LogP contribution in [0.4, 0.5) is 5.88 Å². The van der Waals surface area contributed by atoms with Gasteiger partial charge in [-0.1, -0.05) is 5.16 Å². The second kappa shape index (κ2) is 3.18. The van der Waals surface area contributed by atoms with E-state index in [0.717, 1.165) is 5.56 Å². The molecule has 0 atom stereocenters. The first-order valence-corrected chi connectivity index (χ1v) is 3.88. The van der Waals surface area contributed by atoms with Crippen molar-refractivity contribution in [3.63, 3.8) is 0 Å². The zero-order chi connectivity index (χ0) is 9.97. The van der Waals surface area contributed by atoms with Crippen molar-refractivity contribution in [2.75, 3.05) is 5.73 Å². The predicted molar refractivity (Wildman–Crippen MR) is 48.9 cm³/mol. The van der Waals surface area contributed by atoms with E-state index in [4.69, 9.17) is 15.5 Å². The lowest BCUT2D eigenvalue weighted by Gasteiger charge is -1.93. The second-order valence-electron chi connectivity index (χ2n) is 2.62. The van der Waals surface area contributed by atoms with E-state index in [-0.39, 0.29) is 11.4 Å². The molecule has 5 heteroatoms. The standard InChI is InChI=1S/C9H6N4O/c10-5-7-8(13-14-9(7)11)6-1-3-12-4-2-6/h1-4H,11H2. The summed E-state index contributed by atoms with van der Waals surface area (Å²) in [6.07, 6.45) is 3.22. The summed E-state index contributed by atoms with van der Waals surface area (Å²) in [5.41, 5.74) is 6.89. The van der Waals surface area contributed by atoms with Crippen LogP contribution in [0.25, 0.3) is 11.3 Å². The molecule has 14 heavy (non-hydrogen) atoms. The maximum atomic E-state index is 8.80. The van der Waals surface area contributed by atoms with Crippen LogP contribution in [-0.2, 0) is 0 Å². The van der Waals surface area contributed by atoms with Gasteiger partial charge in [0.25, 0.3) is 0 Å². The van der Waals surface area contributed by atoms with Crippen LogP contribution in [0.15, 0.2) is 29.0 Å². The molecule has 0 aliphatic rings. The van der Waals surface area contributed by atoms with Crippen LogP contribution in [0, 0.1) is 11.3 Å². The summed E-state index contributed by atoms with van der Waals surface area (Å²) in [6, 6.07) is 5.41. The molecule has 5 nitrogen and oxygen atoms in total. The van der Waals surface area contributed by atoms with Gasteiger partial charge in [0.2, 0.25) is 5.88 Å². The highest BCUT2D eigenvalue weighted by Crippen LogP contribution is 2.25. The smallest absolute Gasteiger partial charge is 0.240 e. The van der Waals surface area contributed by atoms with Crippen molar-refractivity contribution >= 4 is 5.88 Å². The zero-order valence-corrected chi connectivity index (χ0v) is 7.14. The van der Waals surface area contributed by atoms with E-state index < -0.39 is 0 Å². The molecule has 0 aliphatic carbocycles. The van der Waals surface area contributed by atoms with Crippen molar-refractivity contribution in [1.82, 2.24) is 10.1 Å². The average molecular weight is 186 g/mol. The van der Waals surface area contributed by atoms with Crippen molar-refractivity contribution in [3.8, 4) is 17.3 Å². The quantitative estimate of drug-likeness (QED) is 0.722. The molecule has 2 rings (SSSR count). The summed E-state index contributed by atoms with van der Waals surface area (Å²) in [5, 5.41) is 12.5. The van der Waals surface area contributed by atoms with Gasteiger partial charge >= 0.3 is 0 Å². The van der Waals surface area contributed by atoms with E-state index in [2.05, 4.69) is 10.1 Å². The van der Waals surface area contributed by atoms with Crippen LogP contribution >= 0.6 is 0 Å². The van der Waals surface area contributed by atoms with Crippen molar-refractivity contribution in [2.45, 2.75) is 0 Å². The number of rotatable bonds is 1. The molecule has 0 amide bonds. The summed E-state index contributed by atoms with van der Waals surface area (Å²) in [4.78, 5) is 3.86. The Morgan fingerprint density at radius 2 is 2.07 bits per heavy atom. The largest absolute Gasteiger partial charge is 0.366 e. The first-order chi connectivity index (χ1) is 6.83. The predicted octanol–water partition coefficient (Wildman–Crippen LogP) is 1.19. The molecule has 0 bridgehead atoms. The Morgan fingerprint density at radius 1 is 1.36 bits per heavy atom. The topological polar surface area (TPSA) is 88.7 Å². The fraction of sp³-hybridized carbons (Fsp3) is 0. The molecule has 0 aromatic carbocycles. The van der Waals surface area contributed by atoms with Gasteiger partial charge in [0.1, 0.15) is 17.3 Å². The molecule has 2 aromatic rings. The van der Waals surface area contributed by atoms with Crippen LogP contribution < -0.4 is 5.73 Å². The molecule has 68 valence electrons. The van der Waals surface area contributed by atoms with Gasteiger partial charge in [-0.25, -0.2) is 0 Å². The molecular formula is C9H6N4O. The minimum Gasteiger partial charge on any atom is -0.366 e. The molecule has 2 heterocycles. The molecule has 2 aromatic heterocycles. The van der Waals surface area contributed by atoms with E-state index in [1.807, 2.05) is 6.07 Å². The zero-order valence-electron chi connectivity index (χ0n) is 7.14. The molecule has 0 aliphatic heterocycles. The van der Waals surface area contributed by atoms with E-state index >= 15 is 0 Å². The third-order valence-electron chi connectivity index (χ3n) is 1.78. The van der Waals surface area contributed by atoms with E-state index in [0.29, 0.717) is 5.69 Å². The number of nitriles is 1. The molecule has 0 fully saturated rings. The SMILES string of the molecule is N#Cc1c(-c2ccncc2)noc1N. The number of aromatic nitrogens is 2. The number of anilines is 1. The van der Waals surface area contributed by atoms with Crippen LogP contribution in [-0.4, -0.2) is 10.1 Å². The maximum Gasteiger partial charge on any atom is 0.240 e. The van der Waals surface area contributed by atoms with E-state index in [1.54, 1.807) is 24.5 Å². The monoisotopic (exact) mass is 186 g/mol. The highest BCUT2D eigenvalue weighted by molar-refractivity contribution is 5.70. The summed E-state index contributed by atoms with van der Waals surface area (Å²) >= 11 is 0. The van der Waals surface area contributed by atoms with Gasteiger partial charge in [-0.05, 0) is 12.1 Å². The first kappa shape index (κ1) is 8.26. The van der Waals surface area contributed by atoms with Crippen LogP contribution in [0.1, 0.15) is 5.56 Å². The van der Waals surface area contributed by atoms with Crippen LogP contribution in [0.2, 0.25) is 0 Å². The number of hydrogen-bond acceptors (Lipinski definition) is 5. The molecule has 0 spiro atoms. The van der Waals surface area contributed by atoms with Gasteiger partial charge in [0.05, 0.1) is 0 Å². The number of nitrogens with two attached hydrogens (primary N) is 1. The highest BCUT2D eigenvalue weighted by atomic mass is 16.5. The third-order valence-corrected chi connectivity index (χ3v) is 1.78. The number of hydrogen-bond donors (Lipinski definition) is 1. The molecule has 0 saturated carbocycles. The lowest BCUT2D eigenvalue weighted by molar-refractivity contribution is 0.439. The van der Waals surface area contributed by atoms with Crippen molar-refractivity contribution in [1.29, 1.82) is 5.26 Å². The fourth-order valence-electron chi connectivity index (χ4n) is 1.12. The first-order valence-electron chi connectivity index (χ1n) is 3.88. The maximum absolute atomic E-state index is 8.80. The van der Waals surface area contributed by atoms with Crippen LogP contribution in [0.5, 0.6) is 0 Å². The lowest BCUT2D eigenvalue weighted by atomic mass is 10.1.